The number of nitro groups is 1. The van der Waals surface area contributed by atoms with Crippen LogP contribution < -0.4 is 0 Å². The zero-order valence-electron chi connectivity index (χ0n) is 12.0. The first-order valence-corrected chi connectivity index (χ1v) is 6.28. The molecule has 0 spiro atoms. The molecule has 1 N–H and O–H groups in total. The fourth-order valence-electron chi connectivity index (χ4n) is 1.96. The smallest absolute Gasteiger partial charge is 0.320 e. The molecule has 0 aromatic carbocycles. The van der Waals surface area contributed by atoms with Crippen molar-refractivity contribution in [2.75, 3.05) is 6.61 Å². The van der Waals surface area contributed by atoms with Gasteiger partial charge in [0.25, 0.3) is 5.69 Å². The number of nitrogens with zero attached hydrogens (tertiary/aromatic N) is 2. The first kappa shape index (κ1) is 16.5. The molecule has 8 nitrogen and oxygen atoms in total. The lowest BCUT2D eigenvalue weighted by molar-refractivity contribution is -0.386. The van der Waals surface area contributed by atoms with Crippen molar-refractivity contribution in [2.45, 2.75) is 27.2 Å². The minimum absolute atomic E-state index is 0.0586. The van der Waals surface area contributed by atoms with Crippen molar-refractivity contribution >= 4 is 17.6 Å². The third-order valence-electron chi connectivity index (χ3n) is 3.02. The first-order valence-electron chi connectivity index (χ1n) is 6.28. The number of aromatic nitrogens is 1. The summed E-state index contributed by atoms with van der Waals surface area (Å²) in [6.07, 6.45) is 1.05. The lowest BCUT2D eigenvalue weighted by Crippen LogP contribution is -2.28. The zero-order chi connectivity index (χ0) is 16.2. The van der Waals surface area contributed by atoms with Gasteiger partial charge in [0.05, 0.1) is 17.2 Å². The van der Waals surface area contributed by atoms with Gasteiger partial charge < -0.3 is 9.84 Å². The van der Waals surface area contributed by atoms with E-state index >= 15 is 0 Å². The van der Waals surface area contributed by atoms with Crippen LogP contribution in [0.25, 0.3) is 0 Å². The lowest BCUT2D eigenvalue weighted by Gasteiger charge is -2.13. The number of aryl methyl sites for hydroxylation is 1. The van der Waals surface area contributed by atoms with Crippen LogP contribution in [0.4, 0.5) is 5.69 Å². The summed E-state index contributed by atoms with van der Waals surface area (Å²) >= 11 is 0. The van der Waals surface area contributed by atoms with E-state index in [1.54, 1.807) is 13.8 Å². The topological polar surface area (TPSA) is 120 Å². The van der Waals surface area contributed by atoms with Crippen molar-refractivity contribution in [1.29, 1.82) is 0 Å². The van der Waals surface area contributed by atoms with Crippen LogP contribution in [0, 0.1) is 29.9 Å². The highest BCUT2D eigenvalue weighted by molar-refractivity contribution is 5.94. The van der Waals surface area contributed by atoms with E-state index in [0.29, 0.717) is 5.56 Å². The normalized spacial score (nSPS) is 11.8. The average molecular weight is 296 g/mol. The van der Waals surface area contributed by atoms with Gasteiger partial charge in [0.15, 0.2) is 5.92 Å². The summed E-state index contributed by atoms with van der Waals surface area (Å²) < 4.78 is 4.70. The summed E-state index contributed by atoms with van der Waals surface area (Å²) in [5, 5.41) is 20.1. The molecule has 0 aliphatic rings. The Hall–Kier alpha value is -2.51. The van der Waals surface area contributed by atoms with Gasteiger partial charge in [-0.25, -0.2) is 0 Å². The standard InChI is InChI=1S/C13H16N2O6/c1-4-21-13(18)9(12(16)17)5-10-8(3)11(15(19)20)7(2)6-14-10/h6,9H,4-5H2,1-3H3,(H,16,17). The Balaban J connectivity index is 3.16. The maximum Gasteiger partial charge on any atom is 0.320 e. The van der Waals surface area contributed by atoms with E-state index in [2.05, 4.69) is 4.98 Å². The fourth-order valence-corrected chi connectivity index (χ4v) is 1.96. The van der Waals surface area contributed by atoms with Crippen LogP contribution in [0.3, 0.4) is 0 Å². The first-order chi connectivity index (χ1) is 9.79. The average Bonchev–Trinajstić information content (AvgIpc) is 2.37. The van der Waals surface area contributed by atoms with Crippen molar-refractivity contribution in [1.82, 2.24) is 4.98 Å². The van der Waals surface area contributed by atoms with Gasteiger partial charge >= 0.3 is 11.9 Å². The van der Waals surface area contributed by atoms with Crippen LogP contribution >= 0.6 is 0 Å². The van der Waals surface area contributed by atoms with E-state index in [0.717, 1.165) is 0 Å². The second-order valence-corrected chi connectivity index (χ2v) is 4.47. The predicted octanol–water partition coefficient (Wildman–Crippen LogP) is 1.41. The molecule has 8 heteroatoms. The summed E-state index contributed by atoms with van der Waals surface area (Å²) in [6.45, 7) is 4.65. The third-order valence-corrected chi connectivity index (χ3v) is 3.02. The zero-order valence-corrected chi connectivity index (χ0v) is 12.0. The summed E-state index contributed by atoms with van der Waals surface area (Å²) in [4.78, 5) is 37.3. The molecule has 1 heterocycles. The van der Waals surface area contributed by atoms with Crippen molar-refractivity contribution in [3.8, 4) is 0 Å². The Morgan fingerprint density at radius 3 is 2.57 bits per heavy atom. The van der Waals surface area contributed by atoms with E-state index in [1.807, 2.05) is 0 Å². The lowest BCUT2D eigenvalue weighted by atomic mass is 9.99. The number of carbonyl (C=O) groups is 2. The molecule has 21 heavy (non-hydrogen) atoms. The summed E-state index contributed by atoms with van der Waals surface area (Å²) in [7, 11) is 0. The molecular weight excluding hydrogens is 280 g/mol. The maximum atomic E-state index is 11.6. The number of carbonyl (C=O) groups excluding carboxylic acids is 1. The van der Waals surface area contributed by atoms with Gasteiger partial charge in [0, 0.05) is 23.7 Å². The minimum Gasteiger partial charge on any atom is -0.481 e. The molecule has 0 fully saturated rings. The Bertz CT molecular complexity index is 584. The van der Waals surface area contributed by atoms with Crippen LogP contribution in [0.2, 0.25) is 0 Å². The van der Waals surface area contributed by atoms with Gasteiger partial charge in [0.1, 0.15) is 0 Å². The van der Waals surface area contributed by atoms with Gasteiger partial charge in [-0.15, -0.1) is 0 Å². The molecule has 0 aliphatic carbocycles. The molecule has 1 rings (SSSR count). The Morgan fingerprint density at radius 1 is 1.48 bits per heavy atom. The van der Waals surface area contributed by atoms with Gasteiger partial charge in [0.2, 0.25) is 0 Å². The Kier molecular flexibility index (Phi) is 5.34. The Morgan fingerprint density at radius 2 is 2.10 bits per heavy atom. The van der Waals surface area contributed by atoms with Gasteiger partial charge in [-0.3, -0.25) is 24.7 Å². The third kappa shape index (κ3) is 3.74. The van der Waals surface area contributed by atoms with Gasteiger partial charge in [-0.2, -0.15) is 0 Å². The molecule has 0 saturated heterocycles. The molecule has 1 aromatic rings. The second-order valence-electron chi connectivity index (χ2n) is 4.47. The maximum absolute atomic E-state index is 11.6. The highest BCUT2D eigenvalue weighted by Crippen LogP contribution is 2.25. The van der Waals surface area contributed by atoms with Crippen LogP contribution in [0.15, 0.2) is 6.20 Å². The molecule has 0 aliphatic heterocycles. The number of hydrogen-bond donors (Lipinski definition) is 1. The number of rotatable bonds is 6. The predicted molar refractivity (Wildman–Crippen MR) is 71.8 cm³/mol. The number of esters is 1. The van der Waals surface area contributed by atoms with Crippen molar-refractivity contribution < 1.29 is 24.4 Å². The molecule has 0 amide bonds. The molecule has 114 valence electrons. The number of pyridine rings is 1. The minimum atomic E-state index is -1.43. The molecule has 0 bridgehead atoms. The van der Waals surface area contributed by atoms with Crippen LogP contribution in [0.1, 0.15) is 23.7 Å². The van der Waals surface area contributed by atoms with Crippen LogP contribution in [-0.2, 0) is 20.7 Å². The molecule has 1 aromatic heterocycles. The fraction of sp³-hybridized carbons (Fsp3) is 0.462. The van der Waals surface area contributed by atoms with E-state index in [9.17, 15) is 19.7 Å². The van der Waals surface area contributed by atoms with Crippen molar-refractivity contribution in [2.24, 2.45) is 5.92 Å². The van der Waals surface area contributed by atoms with Crippen LogP contribution in [0.5, 0.6) is 0 Å². The van der Waals surface area contributed by atoms with E-state index in [4.69, 9.17) is 9.84 Å². The quantitative estimate of drug-likeness (QED) is 0.364. The SMILES string of the molecule is CCOC(=O)C(Cc1ncc(C)c([N+](=O)[O-])c1C)C(=O)O. The summed E-state index contributed by atoms with van der Waals surface area (Å²) in [5.74, 6) is -3.66. The second kappa shape index (κ2) is 6.78. The number of aliphatic carboxylic acids is 1. The number of hydrogen-bond acceptors (Lipinski definition) is 6. The molecule has 0 saturated carbocycles. The molecular formula is C13H16N2O6. The molecule has 1 unspecified atom stereocenters. The highest BCUT2D eigenvalue weighted by Gasteiger charge is 2.30. The number of ether oxygens (including phenoxy) is 1. The summed E-state index contributed by atoms with van der Waals surface area (Å²) in [5.41, 5.74) is 0.723. The van der Waals surface area contributed by atoms with E-state index < -0.39 is 22.8 Å². The molecule has 0 radical (unpaired) electrons. The highest BCUT2D eigenvalue weighted by atomic mass is 16.6. The number of carboxylic acids is 1. The molecule has 1 atom stereocenters. The monoisotopic (exact) mass is 296 g/mol. The van der Waals surface area contributed by atoms with Crippen LogP contribution in [-0.4, -0.2) is 33.6 Å². The van der Waals surface area contributed by atoms with Crippen molar-refractivity contribution in [3.05, 3.63) is 33.1 Å². The van der Waals surface area contributed by atoms with Gasteiger partial charge in [-0.1, -0.05) is 0 Å². The van der Waals surface area contributed by atoms with E-state index in [1.165, 1.54) is 13.1 Å². The number of carboxylic acid groups (broad SMARTS) is 1. The summed E-state index contributed by atoms with van der Waals surface area (Å²) in [6, 6.07) is 0. The van der Waals surface area contributed by atoms with Crippen molar-refractivity contribution in [3.63, 3.8) is 0 Å². The van der Waals surface area contributed by atoms with Gasteiger partial charge in [-0.05, 0) is 20.8 Å². The van der Waals surface area contributed by atoms with E-state index in [-0.39, 0.29) is 30.0 Å². The largest absolute Gasteiger partial charge is 0.481 e. The Labute approximate surface area is 120 Å².